The van der Waals surface area contributed by atoms with Crippen molar-refractivity contribution >= 4 is 23.8 Å². The van der Waals surface area contributed by atoms with Gasteiger partial charge in [-0.05, 0) is 24.3 Å². The van der Waals surface area contributed by atoms with Crippen molar-refractivity contribution < 1.29 is 5.11 Å². The molecule has 1 heterocycles. The maximum Gasteiger partial charge on any atom is 0.148 e. The molecule has 0 bridgehead atoms. The van der Waals surface area contributed by atoms with Gasteiger partial charge in [-0.3, -0.25) is 0 Å². The molecule has 18 heavy (non-hydrogen) atoms. The third-order valence-corrected chi connectivity index (χ3v) is 2.83. The number of hydrogen-bond acceptors (Lipinski definition) is 3. The molecule has 1 radical (unpaired) electrons. The Morgan fingerprint density at radius 3 is 2.28 bits per heavy atom. The summed E-state index contributed by atoms with van der Waals surface area (Å²) in [5, 5.41) is 18.6. The Morgan fingerprint density at radius 2 is 1.72 bits per heavy atom. The zero-order valence-electron chi connectivity index (χ0n) is 9.91. The molecule has 0 saturated heterocycles. The van der Waals surface area contributed by atoms with E-state index in [-0.39, 0.29) is 5.75 Å². The predicted octanol–water partition coefficient (Wildman–Crippen LogP) is 1.50. The second-order valence-corrected chi connectivity index (χ2v) is 4.01. The summed E-state index contributed by atoms with van der Waals surface area (Å²) in [5.74, 6) is 0.172. The lowest BCUT2D eigenvalue weighted by Crippen LogP contribution is -2.11. The standard InChI is InChI=1S/C13H11BN3O/c1-14-9-6-7-12(13(18)8-9)17-15-10-4-2-3-5-11(10)16-17/h2-8,18H,1H3. The minimum Gasteiger partial charge on any atom is -0.506 e. The van der Waals surface area contributed by atoms with Crippen LogP contribution in [0.5, 0.6) is 5.75 Å². The molecule has 0 aliphatic rings. The van der Waals surface area contributed by atoms with Gasteiger partial charge in [0.1, 0.15) is 29.7 Å². The summed E-state index contributed by atoms with van der Waals surface area (Å²) in [4.78, 5) is 1.46. The number of fused-ring (bicyclic) bond motifs is 1. The van der Waals surface area contributed by atoms with Crippen molar-refractivity contribution in [2.24, 2.45) is 0 Å². The van der Waals surface area contributed by atoms with Crippen molar-refractivity contribution in [3.63, 3.8) is 0 Å². The second kappa shape index (κ2) is 4.18. The van der Waals surface area contributed by atoms with Crippen molar-refractivity contribution in [2.45, 2.75) is 6.82 Å². The quantitative estimate of drug-likeness (QED) is 0.686. The molecule has 0 amide bonds. The van der Waals surface area contributed by atoms with E-state index in [1.165, 1.54) is 4.80 Å². The fourth-order valence-corrected chi connectivity index (χ4v) is 1.86. The summed E-state index contributed by atoms with van der Waals surface area (Å²) in [6.07, 6.45) is 0. The van der Waals surface area contributed by atoms with Gasteiger partial charge in [0, 0.05) is 0 Å². The topological polar surface area (TPSA) is 50.9 Å². The molecule has 0 aliphatic heterocycles. The number of nitrogens with zero attached hydrogens (tertiary/aromatic N) is 3. The smallest absolute Gasteiger partial charge is 0.148 e. The Hall–Kier alpha value is -2.30. The van der Waals surface area contributed by atoms with Gasteiger partial charge < -0.3 is 5.11 Å². The average molecular weight is 236 g/mol. The van der Waals surface area contributed by atoms with Crippen molar-refractivity contribution in [1.82, 2.24) is 15.0 Å². The Morgan fingerprint density at radius 1 is 1.06 bits per heavy atom. The molecule has 0 aliphatic carbocycles. The molecule has 0 atom stereocenters. The second-order valence-electron chi connectivity index (χ2n) is 4.01. The molecule has 1 N–H and O–H groups in total. The average Bonchev–Trinajstić information content (AvgIpc) is 2.81. The van der Waals surface area contributed by atoms with Crippen molar-refractivity contribution in [3.8, 4) is 11.4 Å². The third-order valence-electron chi connectivity index (χ3n) is 2.83. The van der Waals surface area contributed by atoms with Gasteiger partial charge in [-0.2, -0.15) is 0 Å². The normalized spacial score (nSPS) is 10.7. The third kappa shape index (κ3) is 1.74. The summed E-state index contributed by atoms with van der Waals surface area (Å²) < 4.78 is 0. The van der Waals surface area contributed by atoms with Crippen LogP contribution in [0.15, 0.2) is 42.5 Å². The summed E-state index contributed by atoms with van der Waals surface area (Å²) >= 11 is 0. The van der Waals surface area contributed by atoms with Crippen LogP contribution in [0.1, 0.15) is 0 Å². The predicted molar refractivity (Wildman–Crippen MR) is 71.8 cm³/mol. The van der Waals surface area contributed by atoms with Crippen LogP contribution < -0.4 is 5.46 Å². The zero-order valence-corrected chi connectivity index (χ0v) is 9.91. The molecule has 0 fully saturated rings. The van der Waals surface area contributed by atoms with E-state index in [0.29, 0.717) is 5.69 Å². The summed E-state index contributed by atoms with van der Waals surface area (Å²) in [6, 6.07) is 13.0. The first kappa shape index (κ1) is 10.8. The molecule has 3 rings (SSSR count). The van der Waals surface area contributed by atoms with Gasteiger partial charge in [0.05, 0.1) is 0 Å². The van der Waals surface area contributed by atoms with Gasteiger partial charge in [0.15, 0.2) is 0 Å². The number of aromatic nitrogens is 3. The monoisotopic (exact) mass is 236 g/mol. The van der Waals surface area contributed by atoms with Gasteiger partial charge in [0.2, 0.25) is 0 Å². The molecule has 5 heteroatoms. The number of rotatable bonds is 2. The van der Waals surface area contributed by atoms with Crippen LogP contribution in [0.2, 0.25) is 6.82 Å². The highest BCUT2D eigenvalue weighted by Crippen LogP contribution is 2.19. The highest BCUT2D eigenvalue weighted by Gasteiger charge is 2.08. The maximum absolute atomic E-state index is 9.98. The van der Waals surface area contributed by atoms with Crippen LogP contribution in [-0.4, -0.2) is 27.4 Å². The van der Waals surface area contributed by atoms with Gasteiger partial charge in [0.25, 0.3) is 0 Å². The van der Waals surface area contributed by atoms with E-state index in [0.717, 1.165) is 16.5 Å². The number of phenolic OH excluding ortho intramolecular Hbond substituents is 1. The lowest BCUT2D eigenvalue weighted by Gasteiger charge is -2.04. The lowest BCUT2D eigenvalue weighted by atomic mass is 9.73. The number of benzene rings is 2. The van der Waals surface area contributed by atoms with E-state index >= 15 is 0 Å². The highest BCUT2D eigenvalue weighted by atomic mass is 16.3. The van der Waals surface area contributed by atoms with Crippen molar-refractivity contribution in [1.29, 1.82) is 0 Å². The largest absolute Gasteiger partial charge is 0.506 e. The van der Waals surface area contributed by atoms with Crippen LogP contribution in [0.3, 0.4) is 0 Å². The number of hydrogen-bond donors (Lipinski definition) is 1. The van der Waals surface area contributed by atoms with Crippen LogP contribution in [0, 0.1) is 0 Å². The number of aromatic hydroxyl groups is 1. The van der Waals surface area contributed by atoms with Gasteiger partial charge in [-0.15, -0.1) is 15.0 Å². The molecular formula is C13H11BN3O. The van der Waals surface area contributed by atoms with E-state index in [2.05, 4.69) is 10.2 Å². The molecular weight excluding hydrogens is 225 g/mol. The van der Waals surface area contributed by atoms with E-state index in [1.54, 1.807) is 6.07 Å². The van der Waals surface area contributed by atoms with E-state index in [1.807, 2.05) is 50.5 Å². The fourth-order valence-electron chi connectivity index (χ4n) is 1.86. The van der Waals surface area contributed by atoms with Crippen molar-refractivity contribution in [2.75, 3.05) is 0 Å². The summed E-state index contributed by atoms with van der Waals surface area (Å²) in [5.41, 5.74) is 3.16. The summed E-state index contributed by atoms with van der Waals surface area (Å²) in [6.45, 7) is 1.93. The Bertz CT molecular complexity index is 675. The van der Waals surface area contributed by atoms with Crippen LogP contribution >= 0.6 is 0 Å². The molecule has 0 unspecified atom stereocenters. The van der Waals surface area contributed by atoms with Crippen molar-refractivity contribution in [3.05, 3.63) is 42.5 Å². The first-order chi connectivity index (χ1) is 8.78. The molecule has 0 saturated carbocycles. The molecule has 1 aromatic heterocycles. The van der Waals surface area contributed by atoms with Crippen LogP contribution in [0.25, 0.3) is 16.7 Å². The van der Waals surface area contributed by atoms with Gasteiger partial charge in [-0.25, -0.2) is 0 Å². The molecule has 4 nitrogen and oxygen atoms in total. The van der Waals surface area contributed by atoms with E-state index in [4.69, 9.17) is 0 Å². The fraction of sp³-hybridized carbons (Fsp3) is 0.0769. The zero-order chi connectivity index (χ0) is 12.5. The first-order valence-electron chi connectivity index (χ1n) is 5.73. The summed E-state index contributed by atoms with van der Waals surface area (Å²) in [7, 11) is 1.93. The lowest BCUT2D eigenvalue weighted by molar-refractivity contribution is 0.468. The van der Waals surface area contributed by atoms with E-state index in [9.17, 15) is 5.11 Å². The molecule has 2 aromatic carbocycles. The molecule has 3 aromatic rings. The van der Waals surface area contributed by atoms with Gasteiger partial charge >= 0.3 is 0 Å². The Kier molecular flexibility index (Phi) is 2.52. The number of phenols is 1. The maximum atomic E-state index is 9.98. The minimum absolute atomic E-state index is 0.172. The highest BCUT2D eigenvalue weighted by molar-refractivity contribution is 6.52. The molecule has 87 valence electrons. The Balaban J connectivity index is 2.14. The Labute approximate surface area is 105 Å². The van der Waals surface area contributed by atoms with Crippen LogP contribution in [-0.2, 0) is 0 Å². The first-order valence-corrected chi connectivity index (χ1v) is 5.73. The minimum atomic E-state index is 0.172. The SMILES string of the molecule is C[B]c1ccc(-n2nc3ccccc3n2)c(O)c1. The van der Waals surface area contributed by atoms with E-state index < -0.39 is 0 Å². The molecule has 0 spiro atoms. The van der Waals surface area contributed by atoms with Crippen LogP contribution in [0.4, 0.5) is 0 Å². The van der Waals surface area contributed by atoms with Gasteiger partial charge in [-0.1, -0.05) is 30.5 Å².